The van der Waals surface area contributed by atoms with Crippen LogP contribution in [0.3, 0.4) is 0 Å². The number of carbonyl (C=O) groups excluding carboxylic acids is 1. The number of carbonyl (C=O) groups is 1. The lowest BCUT2D eigenvalue weighted by molar-refractivity contribution is 0.0685. The minimum atomic E-state index is 0.0587. The van der Waals surface area contributed by atoms with Crippen LogP contribution in [0.2, 0.25) is 0 Å². The van der Waals surface area contributed by atoms with Gasteiger partial charge in [-0.1, -0.05) is 0 Å². The first kappa shape index (κ1) is 19.8. The lowest BCUT2D eigenvalue weighted by atomic mass is 9.93. The van der Waals surface area contributed by atoms with Crippen molar-refractivity contribution in [3.05, 3.63) is 71.8 Å². The Balaban J connectivity index is 1.33. The summed E-state index contributed by atoms with van der Waals surface area (Å²) >= 11 is 0. The summed E-state index contributed by atoms with van der Waals surface area (Å²) < 4.78 is 2.28. The molecule has 0 saturated carbocycles. The van der Waals surface area contributed by atoms with Gasteiger partial charge in [0.1, 0.15) is 5.82 Å². The summed E-state index contributed by atoms with van der Waals surface area (Å²) in [4.78, 5) is 23.3. The Morgan fingerprint density at radius 1 is 1.13 bits per heavy atom. The molecule has 1 aliphatic rings. The first-order valence-electron chi connectivity index (χ1n) is 10.4. The zero-order valence-electron chi connectivity index (χ0n) is 17.2. The Bertz CT molecular complexity index is 1040. The van der Waals surface area contributed by atoms with Crippen molar-refractivity contribution in [3.8, 4) is 17.5 Å². The number of rotatable bonds is 5. The molecule has 30 heavy (non-hydrogen) atoms. The van der Waals surface area contributed by atoms with E-state index < -0.39 is 0 Å². The van der Waals surface area contributed by atoms with Crippen molar-refractivity contribution < 1.29 is 4.79 Å². The van der Waals surface area contributed by atoms with Crippen LogP contribution in [0, 0.1) is 24.2 Å². The molecule has 0 aliphatic carbocycles. The Hall–Kier alpha value is -3.46. The Labute approximate surface area is 176 Å². The summed E-state index contributed by atoms with van der Waals surface area (Å²) in [7, 11) is 0. The van der Waals surface area contributed by atoms with Gasteiger partial charge in [0.15, 0.2) is 0 Å². The van der Waals surface area contributed by atoms with Crippen molar-refractivity contribution >= 4 is 5.91 Å². The van der Waals surface area contributed by atoms with Gasteiger partial charge in [0.05, 0.1) is 11.6 Å². The van der Waals surface area contributed by atoms with Crippen LogP contribution >= 0.6 is 0 Å². The summed E-state index contributed by atoms with van der Waals surface area (Å²) in [5.74, 6) is 1.65. The number of aromatic nitrogens is 3. The molecule has 152 valence electrons. The van der Waals surface area contributed by atoms with Gasteiger partial charge in [-0.3, -0.25) is 9.78 Å². The number of pyridine rings is 1. The van der Waals surface area contributed by atoms with Crippen LogP contribution in [0.5, 0.6) is 0 Å². The van der Waals surface area contributed by atoms with E-state index in [0.717, 1.165) is 56.0 Å². The molecule has 1 fully saturated rings. The second kappa shape index (κ2) is 8.91. The summed E-state index contributed by atoms with van der Waals surface area (Å²) in [5.41, 5.74) is 3.48. The van der Waals surface area contributed by atoms with Crippen molar-refractivity contribution in [2.24, 2.45) is 5.92 Å². The van der Waals surface area contributed by atoms with E-state index in [1.807, 2.05) is 23.2 Å². The topological polar surface area (TPSA) is 74.8 Å². The zero-order valence-corrected chi connectivity index (χ0v) is 17.2. The van der Waals surface area contributed by atoms with Gasteiger partial charge in [-0.05, 0) is 68.5 Å². The molecule has 2 aromatic heterocycles. The van der Waals surface area contributed by atoms with Crippen molar-refractivity contribution in [2.45, 2.75) is 32.7 Å². The first-order chi connectivity index (χ1) is 14.7. The predicted molar refractivity (Wildman–Crippen MR) is 115 cm³/mol. The molecule has 1 aliphatic heterocycles. The summed E-state index contributed by atoms with van der Waals surface area (Å²) in [6, 6.07) is 13.0. The molecule has 0 bridgehead atoms. The second-order valence-corrected chi connectivity index (χ2v) is 7.82. The summed E-state index contributed by atoms with van der Waals surface area (Å²) in [6.07, 6.45) is 8.62. The number of aryl methyl sites for hydroxylation is 1. The molecule has 0 N–H and O–H groups in total. The molecule has 1 aromatic carbocycles. The van der Waals surface area contributed by atoms with E-state index in [9.17, 15) is 4.79 Å². The van der Waals surface area contributed by atoms with E-state index in [0.29, 0.717) is 17.0 Å². The Kier molecular flexibility index (Phi) is 5.89. The number of nitriles is 1. The van der Waals surface area contributed by atoms with Gasteiger partial charge in [-0.25, -0.2) is 4.98 Å². The van der Waals surface area contributed by atoms with Crippen LogP contribution in [0.4, 0.5) is 0 Å². The van der Waals surface area contributed by atoms with E-state index >= 15 is 0 Å². The minimum absolute atomic E-state index is 0.0587. The third-order valence-electron chi connectivity index (χ3n) is 5.92. The maximum atomic E-state index is 12.7. The third-order valence-corrected chi connectivity index (χ3v) is 5.92. The summed E-state index contributed by atoms with van der Waals surface area (Å²) in [5, 5.41) is 8.91. The Morgan fingerprint density at radius 3 is 2.50 bits per heavy atom. The average molecular weight is 399 g/mol. The van der Waals surface area contributed by atoms with Crippen molar-refractivity contribution in [1.82, 2.24) is 19.4 Å². The lowest BCUT2D eigenvalue weighted by Gasteiger charge is -2.32. The molecular weight excluding hydrogens is 374 g/mol. The molecule has 0 radical (unpaired) electrons. The molecule has 0 spiro atoms. The molecule has 0 atom stereocenters. The number of imidazole rings is 1. The van der Waals surface area contributed by atoms with E-state index in [-0.39, 0.29) is 5.91 Å². The highest BCUT2D eigenvalue weighted by molar-refractivity contribution is 5.94. The zero-order chi connectivity index (χ0) is 20.9. The molecule has 4 rings (SSSR count). The van der Waals surface area contributed by atoms with Crippen LogP contribution in [0.1, 0.15) is 40.9 Å². The third kappa shape index (κ3) is 4.25. The van der Waals surface area contributed by atoms with E-state index in [4.69, 9.17) is 5.26 Å². The van der Waals surface area contributed by atoms with Crippen molar-refractivity contribution in [1.29, 1.82) is 5.26 Å². The van der Waals surface area contributed by atoms with E-state index in [2.05, 4.69) is 27.5 Å². The van der Waals surface area contributed by atoms with Crippen LogP contribution in [-0.2, 0) is 6.54 Å². The van der Waals surface area contributed by atoms with Crippen LogP contribution in [0.15, 0.2) is 55.0 Å². The fourth-order valence-corrected chi connectivity index (χ4v) is 4.08. The lowest BCUT2D eigenvalue weighted by Crippen LogP contribution is -2.38. The number of hydrogen-bond acceptors (Lipinski definition) is 4. The van der Waals surface area contributed by atoms with Gasteiger partial charge in [-0.15, -0.1) is 0 Å². The maximum absolute atomic E-state index is 12.7. The smallest absolute Gasteiger partial charge is 0.253 e. The second-order valence-electron chi connectivity index (χ2n) is 7.82. The molecule has 0 unspecified atom stereocenters. The molecule has 3 aromatic rings. The highest BCUT2D eigenvalue weighted by Crippen LogP contribution is 2.25. The predicted octanol–water partition coefficient (Wildman–Crippen LogP) is 4.07. The van der Waals surface area contributed by atoms with Gasteiger partial charge in [0, 0.05) is 55.0 Å². The fourth-order valence-electron chi connectivity index (χ4n) is 4.08. The minimum Gasteiger partial charge on any atom is -0.339 e. The molecule has 6 heteroatoms. The molecule has 6 nitrogen and oxygen atoms in total. The molecule has 1 saturated heterocycles. The average Bonchev–Trinajstić information content (AvgIpc) is 3.18. The SMILES string of the molecule is Cc1cnc(-c2ccncc2)n1CCC1CCN(C(=O)c2ccc(C#N)cc2)CC1. The molecular formula is C24H25N5O. The fraction of sp³-hybridized carbons (Fsp3) is 0.333. The highest BCUT2D eigenvalue weighted by Gasteiger charge is 2.24. The van der Waals surface area contributed by atoms with Crippen molar-refractivity contribution in [2.75, 3.05) is 13.1 Å². The first-order valence-corrected chi connectivity index (χ1v) is 10.4. The Morgan fingerprint density at radius 2 is 1.83 bits per heavy atom. The monoisotopic (exact) mass is 399 g/mol. The largest absolute Gasteiger partial charge is 0.339 e. The van der Waals surface area contributed by atoms with E-state index in [1.54, 1.807) is 36.7 Å². The van der Waals surface area contributed by atoms with Crippen LogP contribution in [0.25, 0.3) is 11.4 Å². The van der Waals surface area contributed by atoms with Gasteiger partial charge in [0.2, 0.25) is 0 Å². The van der Waals surface area contributed by atoms with Gasteiger partial charge in [-0.2, -0.15) is 5.26 Å². The van der Waals surface area contributed by atoms with Crippen LogP contribution in [-0.4, -0.2) is 38.4 Å². The highest BCUT2D eigenvalue weighted by atomic mass is 16.2. The van der Waals surface area contributed by atoms with Gasteiger partial charge in [0.25, 0.3) is 5.91 Å². The number of likely N-dealkylation sites (tertiary alicyclic amines) is 1. The quantitative estimate of drug-likeness (QED) is 0.648. The van der Waals surface area contributed by atoms with Crippen LogP contribution < -0.4 is 0 Å². The van der Waals surface area contributed by atoms with Gasteiger partial charge >= 0.3 is 0 Å². The standard InChI is InChI=1S/C24H25N5O/c1-18-17-27-23(21-6-11-26-12-7-21)29(18)15-10-19-8-13-28(14-9-19)24(30)22-4-2-20(16-25)3-5-22/h2-7,11-12,17,19H,8-10,13-15H2,1H3. The summed E-state index contributed by atoms with van der Waals surface area (Å²) in [6.45, 7) is 4.58. The molecule has 1 amide bonds. The number of amides is 1. The van der Waals surface area contributed by atoms with E-state index in [1.165, 1.54) is 0 Å². The number of piperidine rings is 1. The molecule has 3 heterocycles. The number of nitrogens with zero attached hydrogens (tertiary/aromatic N) is 5. The van der Waals surface area contributed by atoms with Gasteiger partial charge < -0.3 is 9.47 Å². The maximum Gasteiger partial charge on any atom is 0.253 e. The normalized spacial score (nSPS) is 14.5. The number of hydrogen-bond donors (Lipinski definition) is 0. The van der Waals surface area contributed by atoms with Crippen molar-refractivity contribution in [3.63, 3.8) is 0 Å². The number of benzene rings is 1.